The fourth-order valence-electron chi connectivity index (χ4n) is 4.50. The molecule has 196 valence electrons. The number of aromatic hydroxyl groups is 1. The van der Waals surface area contributed by atoms with E-state index in [1.165, 1.54) is 7.11 Å². The predicted molar refractivity (Wildman–Crippen MR) is 127 cm³/mol. The maximum absolute atomic E-state index is 13.2. The molecule has 0 aromatic heterocycles. The molecule has 35 heavy (non-hydrogen) atoms. The van der Waals surface area contributed by atoms with Crippen molar-refractivity contribution in [3.63, 3.8) is 0 Å². The molecule has 0 bridgehead atoms. The molecule has 1 aromatic rings. The second kappa shape index (κ2) is 12.0. The van der Waals surface area contributed by atoms with Crippen LogP contribution < -0.4 is 0 Å². The van der Waals surface area contributed by atoms with Crippen molar-refractivity contribution in [1.29, 1.82) is 0 Å². The molecule has 0 amide bonds. The lowest BCUT2D eigenvalue weighted by Gasteiger charge is -2.40. The normalized spacial score (nSPS) is 14.9. The minimum atomic E-state index is -1.41. The Morgan fingerprint density at radius 3 is 1.74 bits per heavy atom. The van der Waals surface area contributed by atoms with Crippen molar-refractivity contribution in [1.82, 2.24) is 0 Å². The van der Waals surface area contributed by atoms with Crippen molar-refractivity contribution >= 4 is 23.9 Å². The summed E-state index contributed by atoms with van der Waals surface area (Å²) in [7, 11) is 3.54. The van der Waals surface area contributed by atoms with Gasteiger partial charge in [0.1, 0.15) is 12.4 Å². The average Bonchev–Trinajstić information content (AvgIpc) is 2.82. The second-order valence-corrected chi connectivity index (χ2v) is 9.95. The Kier molecular flexibility index (Phi) is 10.3. The Hall–Kier alpha value is -3.10. The third kappa shape index (κ3) is 7.44. The standard InChI is InChI=1S/C26H38O9/c1-9-25(4,23(31)35-14-19(20(28)32-6)21(29)33-7)16-26(5,22(30)34-8)15-24(2,3)17-10-12-18(27)13-11-17/h10-13,19,27H,9,14-16H2,1-8H3. The van der Waals surface area contributed by atoms with Crippen LogP contribution in [0.2, 0.25) is 0 Å². The Bertz CT molecular complexity index is 890. The molecule has 0 spiro atoms. The van der Waals surface area contributed by atoms with E-state index in [9.17, 15) is 24.3 Å². The first-order valence-corrected chi connectivity index (χ1v) is 11.4. The summed E-state index contributed by atoms with van der Waals surface area (Å²) in [6.07, 6.45) is 0.775. The number of carbonyl (C=O) groups is 4. The van der Waals surface area contributed by atoms with E-state index in [0.717, 1.165) is 19.8 Å². The minimum absolute atomic E-state index is 0.102. The smallest absolute Gasteiger partial charge is 0.323 e. The molecule has 0 radical (unpaired) electrons. The summed E-state index contributed by atoms with van der Waals surface area (Å²) in [4.78, 5) is 50.0. The van der Waals surface area contributed by atoms with Gasteiger partial charge in [0.15, 0.2) is 5.92 Å². The van der Waals surface area contributed by atoms with Crippen molar-refractivity contribution in [3.05, 3.63) is 29.8 Å². The van der Waals surface area contributed by atoms with Crippen molar-refractivity contribution in [2.24, 2.45) is 16.7 Å². The summed E-state index contributed by atoms with van der Waals surface area (Å²) in [5.41, 5.74) is -1.80. The number of esters is 4. The molecule has 0 saturated carbocycles. The molecule has 1 aromatic carbocycles. The number of hydrogen-bond acceptors (Lipinski definition) is 9. The summed E-state index contributed by atoms with van der Waals surface area (Å²) in [5, 5.41) is 9.63. The van der Waals surface area contributed by atoms with Gasteiger partial charge in [0, 0.05) is 0 Å². The van der Waals surface area contributed by atoms with Gasteiger partial charge in [-0.3, -0.25) is 19.2 Å². The van der Waals surface area contributed by atoms with Gasteiger partial charge in [-0.15, -0.1) is 0 Å². The van der Waals surface area contributed by atoms with Crippen LogP contribution in [0.15, 0.2) is 24.3 Å². The molecule has 0 saturated heterocycles. The molecular formula is C26H38O9. The highest BCUT2D eigenvalue weighted by molar-refractivity contribution is 5.95. The number of rotatable bonds is 12. The molecule has 0 aliphatic rings. The summed E-state index contributed by atoms with van der Waals surface area (Å²) >= 11 is 0. The Morgan fingerprint density at radius 1 is 0.800 bits per heavy atom. The lowest BCUT2D eigenvalue weighted by Crippen LogP contribution is -2.43. The van der Waals surface area contributed by atoms with E-state index in [1.54, 1.807) is 45.0 Å². The summed E-state index contributed by atoms with van der Waals surface area (Å²) < 4.78 is 19.7. The largest absolute Gasteiger partial charge is 0.508 e. The highest BCUT2D eigenvalue weighted by atomic mass is 16.6. The number of ether oxygens (including phenoxy) is 4. The van der Waals surface area contributed by atoms with Gasteiger partial charge in [-0.05, 0) is 56.2 Å². The third-order valence-corrected chi connectivity index (χ3v) is 6.57. The van der Waals surface area contributed by atoms with Gasteiger partial charge in [0.2, 0.25) is 0 Å². The fourth-order valence-corrected chi connectivity index (χ4v) is 4.50. The van der Waals surface area contributed by atoms with E-state index in [0.29, 0.717) is 12.8 Å². The Morgan fingerprint density at radius 2 is 1.31 bits per heavy atom. The van der Waals surface area contributed by atoms with Crippen molar-refractivity contribution < 1.29 is 43.2 Å². The SMILES string of the molecule is CCC(C)(CC(C)(CC(C)(C)c1ccc(O)cc1)C(=O)OC)C(=O)OCC(C(=O)OC)C(=O)OC. The zero-order valence-electron chi connectivity index (χ0n) is 21.9. The molecule has 1 N–H and O–H groups in total. The minimum Gasteiger partial charge on any atom is -0.508 e. The second-order valence-electron chi connectivity index (χ2n) is 9.95. The van der Waals surface area contributed by atoms with E-state index in [-0.39, 0.29) is 12.2 Å². The maximum Gasteiger partial charge on any atom is 0.323 e. The van der Waals surface area contributed by atoms with E-state index in [2.05, 4.69) is 9.47 Å². The van der Waals surface area contributed by atoms with Crippen molar-refractivity contribution in [2.45, 2.75) is 59.3 Å². The van der Waals surface area contributed by atoms with Crippen molar-refractivity contribution in [3.8, 4) is 5.75 Å². The number of benzene rings is 1. The van der Waals surface area contributed by atoms with Gasteiger partial charge < -0.3 is 24.1 Å². The first-order chi connectivity index (χ1) is 16.2. The molecule has 0 aliphatic carbocycles. The van der Waals surface area contributed by atoms with Gasteiger partial charge in [0.05, 0.1) is 32.2 Å². The van der Waals surface area contributed by atoms with Gasteiger partial charge in [0.25, 0.3) is 0 Å². The molecule has 1 rings (SSSR count). The number of phenols is 1. The molecule has 9 nitrogen and oxygen atoms in total. The molecule has 9 heteroatoms. The number of phenolic OH excluding ortho intramolecular Hbond substituents is 1. The van der Waals surface area contributed by atoms with Crippen LogP contribution in [0, 0.1) is 16.7 Å². The van der Waals surface area contributed by atoms with Crippen molar-refractivity contribution in [2.75, 3.05) is 27.9 Å². The molecular weight excluding hydrogens is 456 g/mol. The van der Waals surface area contributed by atoms with Crippen LogP contribution >= 0.6 is 0 Å². The predicted octanol–water partition coefficient (Wildman–Crippen LogP) is 3.55. The molecule has 2 unspecified atom stereocenters. The Labute approximate surface area is 207 Å². The molecule has 0 heterocycles. The van der Waals surface area contributed by atoms with Crippen LogP contribution in [0.1, 0.15) is 59.4 Å². The first kappa shape index (κ1) is 29.9. The molecule has 2 atom stereocenters. The molecule has 0 aliphatic heterocycles. The van der Waals surface area contributed by atoms with Crippen LogP contribution in [0.5, 0.6) is 5.75 Å². The average molecular weight is 495 g/mol. The molecule has 0 fully saturated rings. The summed E-state index contributed by atoms with van der Waals surface area (Å²) in [6.45, 7) is 8.62. The number of carbonyl (C=O) groups excluding carboxylic acids is 4. The zero-order chi connectivity index (χ0) is 27.0. The van der Waals surface area contributed by atoms with Crippen LogP contribution in [0.4, 0.5) is 0 Å². The van der Waals surface area contributed by atoms with E-state index >= 15 is 0 Å². The zero-order valence-corrected chi connectivity index (χ0v) is 21.9. The van der Waals surface area contributed by atoms with Crippen LogP contribution in [-0.2, 0) is 43.5 Å². The quantitative estimate of drug-likeness (QED) is 0.264. The lowest BCUT2D eigenvalue weighted by atomic mass is 9.63. The topological polar surface area (TPSA) is 125 Å². The van der Waals surface area contributed by atoms with Crippen LogP contribution in [-0.4, -0.2) is 56.9 Å². The van der Waals surface area contributed by atoms with Gasteiger partial charge in [-0.1, -0.05) is 32.9 Å². The Balaban J connectivity index is 3.20. The number of hydrogen-bond donors (Lipinski definition) is 1. The highest BCUT2D eigenvalue weighted by Gasteiger charge is 2.48. The third-order valence-electron chi connectivity index (χ3n) is 6.57. The fraction of sp³-hybridized carbons (Fsp3) is 0.615. The maximum atomic E-state index is 13.2. The lowest BCUT2D eigenvalue weighted by molar-refractivity contribution is -0.169. The van der Waals surface area contributed by atoms with E-state index in [1.807, 2.05) is 13.8 Å². The monoisotopic (exact) mass is 494 g/mol. The first-order valence-electron chi connectivity index (χ1n) is 11.4. The summed E-state index contributed by atoms with van der Waals surface area (Å²) in [6, 6.07) is 6.75. The highest BCUT2D eigenvalue weighted by Crippen LogP contribution is 2.46. The van der Waals surface area contributed by atoms with Gasteiger partial charge in [-0.2, -0.15) is 0 Å². The van der Waals surface area contributed by atoms with Crippen LogP contribution in [0.25, 0.3) is 0 Å². The van der Waals surface area contributed by atoms with E-state index < -0.39 is 52.6 Å². The van der Waals surface area contributed by atoms with E-state index in [4.69, 9.17) is 9.47 Å². The summed E-state index contributed by atoms with van der Waals surface area (Å²) in [5.74, 6) is -4.15. The van der Waals surface area contributed by atoms with Gasteiger partial charge in [-0.25, -0.2) is 0 Å². The number of methoxy groups -OCH3 is 3. The van der Waals surface area contributed by atoms with Gasteiger partial charge >= 0.3 is 23.9 Å². The van der Waals surface area contributed by atoms with Crippen LogP contribution in [0.3, 0.4) is 0 Å².